The van der Waals surface area contributed by atoms with Crippen LogP contribution in [0, 0.1) is 6.92 Å². The van der Waals surface area contributed by atoms with Crippen molar-refractivity contribution in [3.8, 4) is 22.9 Å². The third kappa shape index (κ3) is 5.93. The molecule has 3 rings (SSSR count). The molecule has 1 unspecified atom stereocenters. The second-order valence-electron chi connectivity index (χ2n) is 9.61. The summed E-state index contributed by atoms with van der Waals surface area (Å²) in [4.78, 5) is 13.5. The van der Waals surface area contributed by atoms with Gasteiger partial charge in [-0.15, -0.1) is 5.10 Å². The molecule has 8 heteroatoms. The van der Waals surface area contributed by atoms with Gasteiger partial charge in [0, 0.05) is 6.07 Å². The van der Waals surface area contributed by atoms with Gasteiger partial charge < -0.3 is 19.5 Å². The van der Waals surface area contributed by atoms with Crippen molar-refractivity contribution in [2.24, 2.45) is 0 Å². The molecule has 0 fully saturated rings. The van der Waals surface area contributed by atoms with E-state index in [4.69, 9.17) is 14.2 Å². The first kappa shape index (κ1) is 26.1. The van der Waals surface area contributed by atoms with Gasteiger partial charge in [0.05, 0.1) is 31.6 Å². The predicted molar refractivity (Wildman–Crippen MR) is 137 cm³/mol. The Bertz CT molecular complexity index is 1180. The molecule has 1 atom stereocenters. The number of nitrogens with one attached hydrogen (secondary N) is 1. The fourth-order valence-corrected chi connectivity index (χ4v) is 3.77. The van der Waals surface area contributed by atoms with Gasteiger partial charge in [-0.05, 0) is 55.5 Å². The second-order valence-corrected chi connectivity index (χ2v) is 9.61. The largest absolute Gasteiger partial charge is 0.497 e. The van der Waals surface area contributed by atoms with Crippen LogP contribution in [0.25, 0.3) is 5.69 Å². The zero-order valence-corrected chi connectivity index (χ0v) is 21.9. The maximum absolute atomic E-state index is 13.5. The number of carbonyl (C=O) groups is 1. The molecule has 8 nitrogen and oxygen atoms in total. The van der Waals surface area contributed by atoms with Crippen molar-refractivity contribution in [3.63, 3.8) is 0 Å². The SMILES string of the molecule is CCCC(C)Oc1ccc(C(C)(C)C)cc1C(=O)Nc1nnn(-c2cc(OC)ccc2OC)c1C. The number of amides is 1. The minimum atomic E-state index is -0.303. The Labute approximate surface area is 207 Å². The van der Waals surface area contributed by atoms with Gasteiger partial charge in [-0.3, -0.25) is 4.79 Å². The Hall–Kier alpha value is -3.55. The maximum Gasteiger partial charge on any atom is 0.260 e. The molecule has 1 N–H and O–H groups in total. The molecule has 2 aromatic carbocycles. The van der Waals surface area contributed by atoms with E-state index in [0.717, 1.165) is 18.4 Å². The van der Waals surface area contributed by atoms with Crippen molar-refractivity contribution >= 4 is 11.7 Å². The summed E-state index contributed by atoms with van der Waals surface area (Å²) in [7, 11) is 3.18. The number of rotatable bonds is 9. The Morgan fingerprint density at radius 2 is 1.80 bits per heavy atom. The highest BCUT2D eigenvalue weighted by atomic mass is 16.5. The number of aromatic nitrogens is 3. The van der Waals surface area contributed by atoms with E-state index >= 15 is 0 Å². The molecule has 0 aliphatic heterocycles. The lowest BCUT2D eigenvalue weighted by molar-refractivity contribution is 0.101. The zero-order chi connectivity index (χ0) is 25.8. The van der Waals surface area contributed by atoms with Crippen LogP contribution >= 0.6 is 0 Å². The summed E-state index contributed by atoms with van der Waals surface area (Å²) in [6.07, 6.45) is 1.90. The van der Waals surface area contributed by atoms with Crippen LogP contribution in [0.1, 0.15) is 69.1 Å². The first-order valence-corrected chi connectivity index (χ1v) is 11.9. The molecular weight excluding hydrogens is 444 g/mol. The summed E-state index contributed by atoms with van der Waals surface area (Å²) in [6, 6.07) is 11.2. The van der Waals surface area contributed by atoms with E-state index in [1.807, 2.05) is 32.0 Å². The van der Waals surface area contributed by atoms with Crippen LogP contribution < -0.4 is 19.5 Å². The molecule has 35 heavy (non-hydrogen) atoms. The maximum atomic E-state index is 13.5. The molecule has 188 valence electrons. The predicted octanol–water partition coefficient (Wildman–Crippen LogP) is 5.71. The summed E-state index contributed by atoms with van der Waals surface area (Å²) >= 11 is 0. The van der Waals surface area contributed by atoms with Gasteiger partial charge in [-0.1, -0.05) is 45.4 Å². The zero-order valence-electron chi connectivity index (χ0n) is 21.9. The highest BCUT2D eigenvalue weighted by Crippen LogP contribution is 2.31. The average molecular weight is 481 g/mol. The van der Waals surface area contributed by atoms with E-state index in [1.165, 1.54) is 0 Å². The van der Waals surface area contributed by atoms with Crippen molar-refractivity contribution < 1.29 is 19.0 Å². The summed E-state index contributed by atoms with van der Waals surface area (Å²) in [5.41, 5.74) is 2.70. The number of hydrogen-bond acceptors (Lipinski definition) is 6. The standard InChI is InChI=1S/C27H36N4O4/c1-9-10-17(2)35-23-13-11-19(27(4,5)6)15-21(23)26(32)28-25-18(3)31(30-29-25)22-16-20(33-7)12-14-24(22)34-8/h11-17H,9-10H2,1-8H3,(H,28,32). The molecular formula is C27H36N4O4. The van der Waals surface area contributed by atoms with Crippen LogP contribution in [0.3, 0.4) is 0 Å². The molecule has 1 amide bonds. The smallest absolute Gasteiger partial charge is 0.260 e. The van der Waals surface area contributed by atoms with Gasteiger partial charge in [0.25, 0.3) is 5.91 Å². The van der Waals surface area contributed by atoms with Crippen LogP contribution in [0.5, 0.6) is 17.2 Å². The highest BCUT2D eigenvalue weighted by Gasteiger charge is 2.23. The molecule has 0 saturated carbocycles. The van der Waals surface area contributed by atoms with Gasteiger partial charge in [-0.2, -0.15) is 0 Å². The topological polar surface area (TPSA) is 87.5 Å². The van der Waals surface area contributed by atoms with E-state index in [9.17, 15) is 4.79 Å². The number of ether oxygens (including phenoxy) is 3. The van der Waals surface area contributed by atoms with Crippen LogP contribution in [-0.2, 0) is 5.41 Å². The molecule has 0 aliphatic carbocycles. The van der Waals surface area contributed by atoms with Crippen LogP contribution in [0.4, 0.5) is 5.82 Å². The lowest BCUT2D eigenvalue weighted by Gasteiger charge is -2.22. The third-order valence-electron chi connectivity index (χ3n) is 5.85. The molecule has 0 aliphatic rings. The quantitative estimate of drug-likeness (QED) is 0.422. The van der Waals surface area contributed by atoms with E-state index in [1.54, 1.807) is 37.1 Å². The minimum absolute atomic E-state index is 0.00447. The van der Waals surface area contributed by atoms with Crippen molar-refractivity contribution in [1.29, 1.82) is 0 Å². The van der Waals surface area contributed by atoms with E-state index in [-0.39, 0.29) is 17.4 Å². The normalized spacial score (nSPS) is 12.2. The van der Waals surface area contributed by atoms with Crippen molar-refractivity contribution in [2.75, 3.05) is 19.5 Å². The Morgan fingerprint density at radius 3 is 2.43 bits per heavy atom. The minimum Gasteiger partial charge on any atom is -0.497 e. The number of carbonyl (C=O) groups excluding carboxylic acids is 1. The molecule has 3 aromatic rings. The van der Waals surface area contributed by atoms with Crippen LogP contribution in [-0.4, -0.2) is 41.2 Å². The number of benzene rings is 2. The lowest BCUT2D eigenvalue weighted by atomic mass is 9.86. The first-order valence-electron chi connectivity index (χ1n) is 11.9. The first-order chi connectivity index (χ1) is 16.6. The highest BCUT2D eigenvalue weighted by molar-refractivity contribution is 6.06. The van der Waals surface area contributed by atoms with E-state index in [0.29, 0.717) is 40.0 Å². The molecule has 0 radical (unpaired) electrons. The molecule has 1 aromatic heterocycles. The van der Waals surface area contributed by atoms with Gasteiger partial charge >= 0.3 is 0 Å². The number of nitrogens with zero attached hydrogens (tertiary/aromatic N) is 3. The molecule has 1 heterocycles. The summed E-state index contributed by atoms with van der Waals surface area (Å²) < 4.78 is 18.6. The van der Waals surface area contributed by atoms with Gasteiger partial charge in [0.2, 0.25) is 0 Å². The third-order valence-corrected chi connectivity index (χ3v) is 5.85. The molecule has 0 saturated heterocycles. The van der Waals surface area contributed by atoms with Crippen molar-refractivity contribution in [1.82, 2.24) is 15.0 Å². The molecule has 0 spiro atoms. The lowest BCUT2D eigenvalue weighted by Crippen LogP contribution is -2.20. The monoisotopic (exact) mass is 480 g/mol. The van der Waals surface area contributed by atoms with Crippen LogP contribution in [0.15, 0.2) is 36.4 Å². The van der Waals surface area contributed by atoms with Gasteiger partial charge in [0.1, 0.15) is 22.9 Å². The number of hydrogen-bond donors (Lipinski definition) is 1. The summed E-state index contributed by atoms with van der Waals surface area (Å²) in [5.74, 6) is 1.87. The molecule has 0 bridgehead atoms. The van der Waals surface area contributed by atoms with Crippen molar-refractivity contribution in [3.05, 3.63) is 53.2 Å². The summed E-state index contributed by atoms with van der Waals surface area (Å²) in [5, 5.41) is 11.4. The number of methoxy groups -OCH3 is 2. The Kier molecular flexibility index (Phi) is 8.04. The fourth-order valence-electron chi connectivity index (χ4n) is 3.77. The number of anilines is 1. The summed E-state index contributed by atoms with van der Waals surface area (Å²) in [6.45, 7) is 12.3. The second kappa shape index (κ2) is 10.8. The van der Waals surface area contributed by atoms with E-state index in [2.05, 4.69) is 43.3 Å². The van der Waals surface area contributed by atoms with E-state index < -0.39 is 0 Å². The van der Waals surface area contributed by atoms with Crippen molar-refractivity contribution in [2.45, 2.75) is 65.9 Å². The average Bonchev–Trinajstić information content (AvgIpc) is 3.17. The van der Waals surface area contributed by atoms with Crippen LogP contribution in [0.2, 0.25) is 0 Å². The Balaban J connectivity index is 1.96. The van der Waals surface area contributed by atoms with Gasteiger partial charge in [0.15, 0.2) is 5.82 Å². The van der Waals surface area contributed by atoms with Gasteiger partial charge in [-0.25, -0.2) is 4.68 Å². The Morgan fingerprint density at radius 1 is 1.09 bits per heavy atom. The fraction of sp³-hybridized carbons (Fsp3) is 0.444.